The summed E-state index contributed by atoms with van der Waals surface area (Å²) in [7, 11) is 0. The van der Waals surface area contributed by atoms with Crippen LogP contribution in [0.2, 0.25) is 0 Å². The van der Waals surface area contributed by atoms with E-state index in [-0.39, 0.29) is 0 Å². The second kappa shape index (κ2) is 14.6. The molecule has 0 aliphatic carbocycles. The van der Waals surface area contributed by atoms with Crippen LogP contribution in [0.3, 0.4) is 0 Å². The molecule has 62 heavy (non-hydrogen) atoms. The second-order valence-electron chi connectivity index (χ2n) is 14.8. The number of benzene rings is 8. The molecule has 0 atom stereocenters. The van der Waals surface area contributed by atoms with E-state index in [9.17, 15) is 31.6 Å². The smallest absolute Gasteiger partial charge is 0.0998 e. The summed E-state index contributed by atoms with van der Waals surface area (Å²) in [6.07, 6.45) is 0. The summed E-state index contributed by atoms with van der Waals surface area (Å²) in [4.78, 5) is 0. The number of nitrogens with zero attached hydrogens (tertiary/aromatic N) is 8. The molecule has 2 heterocycles. The number of nitriles is 6. The molecule has 0 spiro atoms. The van der Waals surface area contributed by atoms with E-state index in [0.29, 0.717) is 55.6 Å². The van der Waals surface area contributed by atoms with Crippen molar-refractivity contribution in [2.24, 2.45) is 0 Å². The van der Waals surface area contributed by atoms with Crippen molar-refractivity contribution in [2.75, 3.05) is 0 Å². The Bertz CT molecular complexity index is 3590. The van der Waals surface area contributed by atoms with E-state index in [0.717, 1.165) is 66.1 Å². The van der Waals surface area contributed by atoms with Crippen LogP contribution >= 0.6 is 0 Å². The van der Waals surface area contributed by atoms with Crippen molar-refractivity contribution in [2.45, 2.75) is 0 Å². The topological polar surface area (TPSA) is 153 Å². The Kier molecular flexibility index (Phi) is 8.62. The first kappa shape index (κ1) is 36.6. The Balaban J connectivity index is 1.19. The largest absolute Gasteiger partial charge is 0.309 e. The second-order valence-corrected chi connectivity index (χ2v) is 14.8. The molecule has 0 fully saturated rings. The number of fused-ring (bicyclic) bond motifs is 6. The van der Waals surface area contributed by atoms with Crippen LogP contribution in [0.25, 0.3) is 88.4 Å². The zero-order valence-corrected chi connectivity index (χ0v) is 32.6. The monoisotopic (exact) mass is 786 g/mol. The third-order valence-corrected chi connectivity index (χ3v) is 11.6. The van der Waals surface area contributed by atoms with Crippen LogP contribution in [-0.2, 0) is 0 Å². The molecule has 282 valence electrons. The van der Waals surface area contributed by atoms with E-state index in [1.54, 1.807) is 48.5 Å². The lowest BCUT2D eigenvalue weighted by Gasteiger charge is -2.15. The zero-order valence-electron chi connectivity index (χ0n) is 32.6. The number of hydrogen-bond donors (Lipinski definition) is 0. The fraction of sp³-hybridized carbons (Fsp3) is 0. The van der Waals surface area contributed by atoms with Crippen LogP contribution in [-0.4, -0.2) is 9.13 Å². The fourth-order valence-corrected chi connectivity index (χ4v) is 8.73. The van der Waals surface area contributed by atoms with Crippen LogP contribution in [0.4, 0.5) is 0 Å². The first-order chi connectivity index (χ1) is 30.5. The van der Waals surface area contributed by atoms with Crippen molar-refractivity contribution in [3.05, 3.63) is 191 Å². The number of rotatable bonds is 5. The van der Waals surface area contributed by atoms with Crippen molar-refractivity contribution in [1.29, 1.82) is 31.6 Å². The summed E-state index contributed by atoms with van der Waals surface area (Å²) >= 11 is 0. The van der Waals surface area contributed by atoms with Gasteiger partial charge >= 0.3 is 0 Å². The highest BCUT2D eigenvalue weighted by Crippen LogP contribution is 2.40. The molecule has 2 aromatic heterocycles. The summed E-state index contributed by atoms with van der Waals surface area (Å²) in [6, 6.07) is 63.4. The molecule has 8 aromatic carbocycles. The molecule has 8 heteroatoms. The molecule has 0 amide bonds. The third-order valence-electron chi connectivity index (χ3n) is 11.6. The maximum atomic E-state index is 10.6. The van der Waals surface area contributed by atoms with Gasteiger partial charge in [-0.05, 0) is 107 Å². The number of para-hydroxylation sites is 2. The van der Waals surface area contributed by atoms with Gasteiger partial charge in [-0.15, -0.1) is 0 Å². The fourth-order valence-electron chi connectivity index (χ4n) is 8.73. The van der Waals surface area contributed by atoms with Gasteiger partial charge in [-0.3, -0.25) is 0 Å². The van der Waals surface area contributed by atoms with Crippen molar-refractivity contribution >= 4 is 43.6 Å². The van der Waals surface area contributed by atoms with Gasteiger partial charge in [0.1, 0.15) is 0 Å². The van der Waals surface area contributed by atoms with Crippen LogP contribution < -0.4 is 0 Å². The van der Waals surface area contributed by atoms with Crippen molar-refractivity contribution in [3.63, 3.8) is 0 Å². The van der Waals surface area contributed by atoms with E-state index < -0.39 is 0 Å². The minimum Gasteiger partial charge on any atom is -0.309 e. The molecule has 8 nitrogen and oxygen atoms in total. The maximum absolute atomic E-state index is 10.6. The summed E-state index contributed by atoms with van der Waals surface area (Å²) in [5.74, 6) is 0. The molecule has 10 rings (SSSR count). The van der Waals surface area contributed by atoms with Gasteiger partial charge in [0.2, 0.25) is 0 Å². The average Bonchev–Trinajstić information content (AvgIpc) is 3.85. The van der Waals surface area contributed by atoms with Gasteiger partial charge in [0, 0.05) is 44.0 Å². The van der Waals surface area contributed by atoms with Crippen molar-refractivity contribution in [1.82, 2.24) is 9.13 Å². The van der Waals surface area contributed by atoms with Crippen LogP contribution in [0.1, 0.15) is 33.4 Å². The average molecular weight is 787 g/mol. The molecule has 0 aliphatic heterocycles. The molecule has 0 saturated heterocycles. The van der Waals surface area contributed by atoms with E-state index in [2.05, 4.69) is 57.7 Å². The predicted octanol–water partition coefficient (Wildman–Crippen LogP) is 12.1. The third kappa shape index (κ3) is 5.71. The van der Waals surface area contributed by atoms with Gasteiger partial charge in [-0.2, -0.15) is 31.6 Å². The standard InChI is InChI=1S/C54H26N8/c55-27-33-9-17-43(39(21-33)31-59)35-13-19-47-45-5-1-3-7-51(45)61(53(47)23-35)41-15-11-37(29-57)49(25-41)50-26-42(16-12-38(50)30-58)62-52-8-4-2-6-46(52)48-20-14-36(24-54(48)62)44-18-10-34(28-56)22-40(44)32-60/h1-26H. The van der Waals surface area contributed by atoms with Crippen LogP contribution in [0, 0.1) is 68.0 Å². The van der Waals surface area contributed by atoms with Crippen molar-refractivity contribution < 1.29 is 0 Å². The summed E-state index contributed by atoms with van der Waals surface area (Å²) in [6.45, 7) is 0. The Morgan fingerprint density at radius 1 is 0.290 bits per heavy atom. The Hall–Kier alpha value is -9.70. The van der Waals surface area contributed by atoms with Gasteiger partial charge in [0.15, 0.2) is 0 Å². The number of hydrogen-bond acceptors (Lipinski definition) is 6. The number of aromatic nitrogens is 2. The SMILES string of the molecule is N#Cc1ccc(-c2ccc3c4ccccc4n(-c4ccc(C#N)c(-c5cc(-n6c7ccccc7c7ccc(-c8ccc(C#N)cc8C#N)cc76)ccc5C#N)c4)c3c2)c(C#N)c1. The van der Waals surface area contributed by atoms with Crippen molar-refractivity contribution in [3.8, 4) is 81.2 Å². The van der Waals surface area contributed by atoms with Crippen LogP contribution in [0.15, 0.2) is 158 Å². The minimum absolute atomic E-state index is 0.398. The molecule has 0 bridgehead atoms. The molecule has 0 radical (unpaired) electrons. The Morgan fingerprint density at radius 3 is 1.10 bits per heavy atom. The normalized spacial score (nSPS) is 10.8. The zero-order chi connectivity index (χ0) is 42.5. The Morgan fingerprint density at radius 2 is 0.694 bits per heavy atom. The van der Waals surface area contributed by atoms with E-state index in [4.69, 9.17) is 0 Å². The first-order valence-corrected chi connectivity index (χ1v) is 19.5. The maximum Gasteiger partial charge on any atom is 0.0998 e. The lowest BCUT2D eigenvalue weighted by Crippen LogP contribution is -1.99. The first-order valence-electron chi connectivity index (χ1n) is 19.5. The van der Waals surface area contributed by atoms with E-state index in [1.807, 2.05) is 97.1 Å². The minimum atomic E-state index is 0.398. The summed E-state index contributed by atoms with van der Waals surface area (Å²) in [5, 5.41) is 64.2. The molecule has 0 unspecified atom stereocenters. The highest BCUT2D eigenvalue weighted by atomic mass is 15.0. The van der Waals surface area contributed by atoms with E-state index in [1.165, 1.54) is 0 Å². The van der Waals surface area contributed by atoms with Crippen LogP contribution in [0.5, 0.6) is 0 Å². The van der Waals surface area contributed by atoms with Gasteiger partial charge in [0.25, 0.3) is 0 Å². The lowest BCUT2D eigenvalue weighted by atomic mass is 9.94. The molecule has 0 N–H and O–H groups in total. The molecular weight excluding hydrogens is 761 g/mol. The van der Waals surface area contributed by atoms with Gasteiger partial charge < -0.3 is 9.13 Å². The van der Waals surface area contributed by atoms with Gasteiger partial charge in [0.05, 0.1) is 91.9 Å². The molecule has 0 saturated carbocycles. The highest BCUT2D eigenvalue weighted by Gasteiger charge is 2.20. The quantitative estimate of drug-likeness (QED) is 0.169. The predicted molar refractivity (Wildman–Crippen MR) is 240 cm³/mol. The molecular formula is C54H26N8. The molecule has 10 aromatic rings. The summed E-state index contributed by atoms with van der Waals surface area (Å²) < 4.78 is 4.27. The summed E-state index contributed by atoms with van der Waals surface area (Å²) in [5.41, 5.74) is 11.8. The van der Waals surface area contributed by atoms with Gasteiger partial charge in [-0.25, -0.2) is 0 Å². The highest BCUT2D eigenvalue weighted by molar-refractivity contribution is 6.11. The van der Waals surface area contributed by atoms with Gasteiger partial charge in [-0.1, -0.05) is 72.8 Å². The lowest BCUT2D eigenvalue weighted by molar-refractivity contribution is 1.17. The van der Waals surface area contributed by atoms with E-state index >= 15 is 0 Å². The Labute approximate surface area is 355 Å². The molecule has 0 aliphatic rings.